The molecule has 4 heteroatoms. The summed E-state index contributed by atoms with van der Waals surface area (Å²) in [4.78, 5) is 0. The Hall–Kier alpha value is -0.0551. The van der Waals surface area contributed by atoms with Crippen molar-refractivity contribution in [2.45, 2.75) is 76.9 Å². The fourth-order valence-electron chi connectivity index (χ4n) is 5.31. The number of rotatable bonds is 3. The molecule has 1 saturated heterocycles. The van der Waals surface area contributed by atoms with E-state index >= 15 is 0 Å². The van der Waals surface area contributed by atoms with Crippen molar-refractivity contribution < 1.29 is 9.31 Å². The van der Waals surface area contributed by atoms with Crippen LogP contribution in [0.5, 0.6) is 0 Å². The van der Waals surface area contributed by atoms with Crippen LogP contribution >= 0.6 is 0 Å². The van der Waals surface area contributed by atoms with E-state index in [9.17, 15) is 0 Å². The summed E-state index contributed by atoms with van der Waals surface area (Å²) in [5, 5.41) is 0. The van der Waals surface area contributed by atoms with E-state index in [0.29, 0.717) is 11.3 Å². The van der Waals surface area contributed by atoms with Crippen molar-refractivity contribution in [1.82, 2.24) is 0 Å². The van der Waals surface area contributed by atoms with Crippen LogP contribution in [-0.4, -0.2) is 24.8 Å². The molecule has 5 rings (SSSR count). The Kier molecular flexibility index (Phi) is 2.88. The number of nitrogens with two attached hydrogens (primary N) is 1. The molecule has 3 nitrogen and oxygen atoms in total. The van der Waals surface area contributed by atoms with E-state index in [0.717, 1.165) is 24.7 Å². The third kappa shape index (κ3) is 1.71. The van der Waals surface area contributed by atoms with Crippen LogP contribution in [0, 0.1) is 23.2 Å². The first-order valence-electron chi connectivity index (χ1n) is 8.50. The lowest BCUT2D eigenvalue weighted by Gasteiger charge is -2.64. The predicted octanol–water partition coefficient (Wildman–Crippen LogP) is 2.77. The molecule has 5 fully saturated rings. The molecule has 5 aliphatic rings. The van der Waals surface area contributed by atoms with Crippen molar-refractivity contribution in [3.63, 3.8) is 0 Å². The second-order valence-electron chi connectivity index (χ2n) is 8.53. The minimum atomic E-state index is -0.166. The van der Waals surface area contributed by atoms with Gasteiger partial charge < -0.3 is 15.0 Å². The molecule has 1 heterocycles. The first-order chi connectivity index (χ1) is 9.41. The van der Waals surface area contributed by atoms with Gasteiger partial charge in [0.25, 0.3) is 0 Å². The molecule has 0 spiro atoms. The van der Waals surface area contributed by atoms with E-state index in [-0.39, 0.29) is 24.8 Å². The minimum absolute atomic E-state index is 0.0584. The first kappa shape index (κ1) is 13.6. The molecule has 0 amide bonds. The summed E-state index contributed by atoms with van der Waals surface area (Å²) in [5.74, 6) is 2.33. The fourth-order valence-corrected chi connectivity index (χ4v) is 5.31. The molecule has 0 unspecified atom stereocenters. The van der Waals surface area contributed by atoms with Gasteiger partial charge in [0.1, 0.15) is 0 Å². The third-order valence-corrected chi connectivity index (χ3v) is 7.15. The monoisotopic (exact) mass is 277 g/mol. The van der Waals surface area contributed by atoms with Gasteiger partial charge in [0, 0.05) is 5.94 Å². The fraction of sp³-hybridized carbons (Fsp3) is 1.00. The van der Waals surface area contributed by atoms with Crippen LogP contribution in [0.3, 0.4) is 0 Å². The van der Waals surface area contributed by atoms with Gasteiger partial charge in [-0.05, 0) is 49.4 Å². The average Bonchev–Trinajstić information content (AvgIpc) is 2.70. The highest BCUT2D eigenvalue weighted by Gasteiger charge is 2.68. The Morgan fingerprint density at radius 1 is 1.25 bits per heavy atom. The number of hydrogen-bond donors (Lipinski definition) is 1. The van der Waals surface area contributed by atoms with Gasteiger partial charge in [-0.15, -0.1) is 0 Å². The van der Waals surface area contributed by atoms with E-state index < -0.39 is 0 Å². The van der Waals surface area contributed by atoms with E-state index in [1.54, 1.807) is 0 Å². The molecule has 5 atom stereocenters. The molecule has 0 aromatic heterocycles. The van der Waals surface area contributed by atoms with Gasteiger partial charge >= 0.3 is 7.12 Å². The van der Waals surface area contributed by atoms with Crippen LogP contribution in [-0.2, 0) is 9.31 Å². The molecule has 2 N–H and O–H groups in total. The van der Waals surface area contributed by atoms with Crippen molar-refractivity contribution in [3.05, 3.63) is 0 Å². The summed E-state index contributed by atoms with van der Waals surface area (Å²) >= 11 is 0. The quantitative estimate of drug-likeness (QED) is 0.807. The third-order valence-electron chi connectivity index (χ3n) is 7.15. The zero-order valence-corrected chi connectivity index (χ0v) is 13.1. The van der Waals surface area contributed by atoms with Crippen LogP contribution in [0.2, 0.25) is 0 Å². The van der Waals surface area contributed by atoms with Crippen LogP contribution < -0.4 is 5.73 Å². The zero-order chi connectivity index (χ0) is 14.1. The first-order valence-corrected chi connectivity index (χ1v) is 8.50. The normalized spacial score (nSPS) is 47.4. The number of hydrogen-bond acceptors (Lipinski definition) is 3. The molecular formula is C16H28BNO2. The Bertz CT molecular complexity index is 411. The maximum atomic E-state index is 6.42. The van der Waals surface area contributed by atoms with E-state index in [2.05, 4.69) is 20.8 Å². The molecule has 1 aliphatic heterocycles. The Morgan fingerprint density at radius 3 is 2.60 bits per heavy atom. The summed E-state index contributed by atoms with van der Waals surface area (Å²) in [7, 11) is -0.166. The second kappa shape index (κ2) is 4.24. The Labute approximate surface area is 123 Å². The maximum Gasteiger partial charge on any atom is 0.475 e. The topological polar surface area (TPSA) is 44.5 Å². The van der Waals surface area contributed by atoms with Crippen molar-refractivity contribution in [2.24, 2.45) is 28.9 Å². The van der Waals surface area contributed by atoms with Gasteiger partial charge in [0.05, 0.1) is 11.7 Å². The largest absolute Gasteiger partial charge is 0.475 e. The van der Waals surface area contributed by atoms with Crippen LogP contribution in [0.15, 0.2) is 0 Å². The van der Waals surface area contributed by atoms with Gasteiger partial charge in [-0.2, -0.15) is 0 Å². The Morgan fingerprint density at radius 2 is 2.00 bits per heavy atom. The summed E-state index contributed by atoms with van der Waals surface area (Å²) in [5.41, 5.74) is 6.70. The standard InChI is InChI=1S/C16H28BNO2/c1-15(2)11-8-12(15)16(3)13(9-11)19-17(20-16)14(18)7-10-5-4-6-10/h10-14H,4-9,18H2,1-3H3/t11-,12-,13+,14-,16-/m0/s1. The molecule has 20 heavy (non-hydrogen) atoms. The summed E-state index contributed by atoms with van der Waals surface area (Å²) in [6.45, 7) is 7.08. The predicted molar refractivity (Wildman–Crippen MR) is 80.0 cm³/mol. The lowest BCUT2D eigenvalue weighted by Crippen LogP contribution is -2.65. The Balaban J connectivity index is 1.46. The van der Waals surface area contributed by atoms with Crippen LogP contribution in [0.1, 0.15) is 59.3 Å². The summed E-state index contributed by atoms with van der Waals surface area (Å²) < 4.78 is 12.7. The highest BCUT2D eigenvalue weighted by molar-refractivity contribution is 6.47. The lowest BCUT2D eigenvalue weighted by atomic mass is 9.43. The van der Waals surface area contributed by atoms with Gasteiger partial charge in [-0.1, -0.05) is 33.1 Å². The van der Waals surface area contributed by atoms with E-state index in [1.807, 2.05) is 0 Å². The van der Waals surface area contributed by atoms with Crippen molar-refractivity contribution in [2.75, 3.05) is 0 Å². The lowest BCUT2D eigenvalue weighted by molar-refractivity contribution is -0.199. The maximum absolute atomic E-state index is 6.42. The highest BCUT2D eigenvalue weighted by Crippen LogP contribution is 2.65. The molecule has 0 radical (unpaired) electrons. The molecule has 0 aromatic rings. The molecule has 112 valence electrons. The average molecular weight is 277 g/mol. The second-order valence-corrected chi connectivity index (χ2v) is 8.53. The van der Waals surface area contributed by atoms with Gasteiger partial charge in [0.2, 0.25) is 0 Å². The van der Waals surface area contributed by atoms with Gasteiger partial charge in [-0.25, -0.2) is 0 Å². The molecular weight excluding hydrogens is 249 g/mol. The van der Waals surface area contributed by atoms with E-state index in [4.69, 9.17) is 15.0 Å². The van der Waals surface area contributed by atoms with E-state index in [1.165, 1.54) is 25.7 Å². The summed E-state index contributed by atoms with van der Waals surface area (Å²) in [6, 6.07) is 0. The zero-order valence-electron chi connectivity index (χ0n) is 13.1. The smallest absolute Gasteiger partial charge is 0.404 e. The molecule has 4 saturated carbocycles. The summed E-state index contributed by atoms with van der Waals surface area (Å²) in [6.07, 6.45) is 7.89. The minimum Gasteiger partial charge on any atom is -0.404 e. The SMILES string of the molecule is CC1(C)[C@@H]2C[C@H]3OB([C@@H](N)CC4CCC4)O[C@@]3(C)[C@H]1C2. The molecule has 4 aliphatic carbocycles. The van der Waals surface area contributed by atoms with Gasteiger partial charge in [0.15, 0.2) is 0 Å². The van der Waals surface area contributed by atoms with Crippen molar-refractivity contribution in [1.29, 1.82) is 0 Å². The van der Waals surface area contributed by atoms with Gasteiger partial charge in [-0.3, -0.25) is 0 Å². The van der Waals surface area contributed by atoms with Crippen LogP contribution in [0.4, 0.5) is 0 Å². The molecule has 0 aromatic carbocycles. The van der Waals surface area contributed by atoms with Crippen molar-refractivity contribution >= 4 is 7.12 Å². The molecule has 2 bridgehead atoms. The van der Waals surface area contributed by atoms with Crippen LogP contribution in [0.25, 0.3) is 0 Å². The van der Waals surface area contributed by atoms with Crippen molar-refractivity contribution in [3.8, 4) is 0 Å². The highest BCUT2D eigenvalue weighted by atomic mass is 16.7.